The Kier molecular flexibility index (Phi) is 5.73. The second kappa shape index (κ2) is 8.82. The number of rotatable bonds is 6. The Morgan fingerprint density at radius 2 is 2.09 bits per heavy atom. The molecule has 0 saturated carbocycles. The van der Waals surface area contributed by atoms with E-state index in [0.29, 0.717) is 18.9 Å². The van der Waals surface area contributed by atoms with Crippen LogP contribution in [0.1, 0.15) is 30.8 Å². The predicted octanol–water partition coefficient (Wildman–Crippen LogP) is 5.08. The molecule has 0 radical (unpaired) electrons. The number of fused-ring (bicyclic) bond motifs is 1. The molecule has 32 heavy (non-hydrogen) atoms. The van der Waals surface area contributed by atoms with Crippen LogP contribution in [0.3, 0.4) is 0 Å². The lowest BCUT2D eigenvalue weighted by Gasteiger charge is -2.18. The molecule has 0 amide bonds. The van der Waals surface area contributed by atoms with Crippen molar-refractivity contribution in [3.05, 3.63) is 65.4 Å². The number of hydrogen-bond acceptors (Lipinski definition) is 8. The number of anilines is 1. The molecule has 1 saturated heterocycles. The van der Waals surface area contributed by atoms with E-state index in [0.717, 1.165) is 45.0 Å². The Morgan fingerprint density at radius 3 is 2.94 bits per heavy atom. The molecule has 1 aliphatic rings. The van der Waals surface area contributed by atoms with Gasteiger partial charge in [-0.1, -0.05) is 18.2 Å². The molecule has 2 unspecified atom stereocenters. The van der Waals surface area contributed by atoms with E-state index in [2.05, 4.69) is 39.3 Å². The van der Waals surface area contributed by atoms with E-state index in [1.807, 2.05) is 48.8 Å². The van der Waals surface area contributed by atoms with E-state index in [1.165, 1.54) is 5.06 Å². The summed E-state index contributed by atoms with van der Waals surface area (Å²) in [6, 6.07) is 16.3. The Balaban J connectivity index is 1.34. The van der Waals surface area contributed by atoms with Crippen molar-refractivity contribution >= 4 is 27.4 Å². The summed E-state index contributed by atoms with van der Waals surface area (Å²) in [7, 11) is 0. The molecule has 0 bridgehead atoms. The van der Waals surface area contributed by atoms with E-state index >= 15 is 0 Å². The van der Waals surface area contributed by atoms with Crippen LogP contribution in [0.25, 0.3) is 21.5 Å². The second-order valence-corrected chi connectivity index (χ2v) is 8.99. The van der Waals surface area contributed by atoms with Gasteiger partial charge in [0, 0.05) is 24.6 Å². The van der Waals surface area contributed by atoms with Crippen molar-refractivity contribution < 1.29 is 9.94 Å². The fourth-order valence-electron chi connectivity index (χ4n) is 3.97. The lowest BCUT2D eigenvalue weighted by molar-refractivity contribution is -0.0745. The molecule has 2 aromatic carbocycles. The van der Waals surface area contributed by atoms with Crippen LogP contribution >= 0.6 is 11.3 Å². The van der Waals surface area contributed by atoms with Gasteiger partial charge in [0.05, 0.1) is 34.0 Å². The zero-order valence-corrected chi connectivity index (χ0v) is 18.8. The van der Waals surface area contributed by atoms with Crippen LogP contribution in [-0.4, -0.2) is 44.4 Å². The van der Waals surface area contributed by atoms with Gasteiger partial charge in [-0.15, -0.1) is 11.3 Å². The molecular formula is C24H25N5O2S. The minimum absolute atomic E-state index is 0.0153. The summed E-state index contributed by atoms with van der Waals surface area (Å²) in [6.45, 7) is 5.19. The molecule has 8 heteroatoms. The average Bonchev–Trinajstić information content (AvgIpc) is 3.41. The maximum atomic E-state index is 9.58. The van der Waals surface area contributed by atoms with Crippen molar-refractivity contribution in [1.29, 1.82) is 0 Å². The number of hydrogen-bond donors (Lipinski definition) is 2. The molecule has 7 nitrogen and oxygen atoms in total. The summed E-state index contributed by atoms with van der Waals surface area (Å²) in [4.78, 5) is 13.6. The van der Waals surface area contributed by atoms with Gasteiger partial charge in [-0.2, -0.15) is 5.06 Å². The van der Waals surface area contributed by atoms with Crippen LogP contribution in [-0.2, 0) is 0 Å². The third-order valence-electron chi connectivity index (χ3n) is 5.61. The van der Waals surface area contributed by atoms with Gasteiger partial charge < -0.3 is 15.3 Å². The van der Waals surface area contributed by atoms with Crippen LogP contribution in [0.4, 0.5) is 5.82 Å². The van der Waals surface area contributed by atoms with Crippen LogP contribution in [0.2, 0.25) is 0 Å². The minimum atomic E-state index is 0.0153. The van der Waals surface area contributed by atoms with Crippen molar-refractivity contribution in [3.8, 4) is 17.0 Å². The van der Waals surface area contributed by atoms with Crippen LogP contribution in [0.5, 0.6) is 5.75 Å². The number of ether oxygens (including phenoxy) is 1. The molecule has 0 spiro atoms. The summed E-state index contributed by atoms with van der Waals surface area (Å²) in [6.07, 6.45) is 0.840. The highest BCUT2D eigenvalue weighted by Gasteiger charge is 2.22. The molecule has 2 atom stereocenters. The average molecular weight is 448 g/mol. The molecule has 1 aliphatic heterocycles. The zero-order valence-electron chi connectivity index (χ0n) is 18.0. The molecule has 2 aromatic heterocycles. The molecule has 2 N–H and O–H groups in total. The molecule has 164 valence electrons. The highest BCUT2D eigenvalue weighted by atomic mass is 32.1. The van der Waals surface area contributed by atoms with Gasteiger partial charge in [-0.05, 0) is 43.7 Å². The Bertz CT molecular complexity index is 1240. The van der Waals surface area contributed by atoms with Gasteiger partial charge in [0.2, 0.25) is 0 Å². The molecule has 3 heterocycles. The van der Waals surface area contributed by atoms with E-state index in [1.54, 1.807) is 11.3 Å². The smallest absolute Gasteiger partial charge is 0.130 e. The van der Waals surface area contributed by atoms with Gasteiger partial charge in [-0.25, -0.2) is 15.0 Å². The van der Waals surface area contributed by atoms with Gasteiger partial charge in [-0.3, -0.25) is 0 Å². The Labute approximate surface area is 190 Å². The van der Waals surface area contributed by atoms with Crippen molar-refractivity contribution in [1.82, 2.24) is 20.0 Å². The number of nitrogens with one attached hydrogen (secondary N) is 1. The first-order valence-corrected chi connectivity index (χ1v) is 11.6. The normalized spacial score (nSPS) is 17.5. The van der Waals surface area contributed by atoms with E-state index in [-0.39, 0.29) is 12.1 Å². The van der Waals surface area contributed by atoms with Crippen LogP contribution in [0, 0.1) is 6.92 Å². The minimum Gasteiger partial charge on any atom is -0.489 e. The van der Waals surface area contributed by atoms with Crippen LogP contribution < -0.4 is 10.1 Å². The molecule has 4 aromatic rings. The lowest BCUT2D eigenvalue weighted by Crippen LogP contribution is -2.22. The highest BCUT2D eigenvalue weighted by Crippen LogP contribution is 2.28. The fraction of sp³-hybridized carbons (Fsp3) is 0.292. The van der Waals surface area contributed by atoms with Gasteiger partial charge >= 0.3 is 0 Å². The fourth-order valence-corrected chi connectivity index (χ4v) is 4.68. The van der Waals surface area contributed by atoms with Gasteiger partial charge in [0.15, 0.2) is 0 Å². The third kappa shape index (κ3) is 4.57. The predicted molar refractivity (Wildman–Crippen MR) is 126 cm³/mol. The Morgan fingerprint density at radius 1 is 1.19 bits per heavy atom. The quantitative estimate of drug-likeness (QED) is 0.427. The summed E-state index contributed by atoms with van der Waals surface area (Å²) in [5, 5.41) is 14.4. The largest absolute Gasteiger partial charge is 0.489 e. The van der Waals surface area contributed by atoms with Crippen LogP contribution in [0.15, 0.2) is 54.0 Å². The maximum absolute atomic E-state index is 9.58. The molecule has 0 aliphatic carbocycles. The number of aryl methyl sites for hydroxylation is 1. The molecular weight excluding hydrogens is 422 g/mol. The lowest BCUT2D eigenvalue weighted by atomic mass is 10.1. The zero-order chi connectivity index (χ0) is 22.1. The number of aromatic nitrogens is 3. The van der Waals surface area contributed by atoms with Gasteiger partial charge in [0.1, 0.15) is 23.5 Å². The first-order valence-electron chi connectivity index (χ1n) is 10.7. The van der Waals surface area contributed by atoms with E-state index in [4.69, 9.17) is 4.74 Å². The monoisotopic (exact) mass is 447 g/mol. The summed E-state index contributed by atoms with van der Waals surface area (Å²) < 4.78 is 7.20. The van der Waals surface area contributed by atoms with Crippen molar-refractivity contribution in [2.24, 2.45) is 0 Å². The number of thiazole rings is 1. The summed E-state index contributed by atoms with van der Waals surface area (Å²) >= 11 is 1.63. The van der Waals surface area contributed by atoms with Crippen molar-refractivity contribution in [2.75, 3.05) is 18.4 Å². The molecule has 1 fully saturated rings. The highest BCUT2D eigenvalue weighted by molar-refractivity contribution is 7.16. The maximum Gasteiger partial charge on any atom is 0.130 e. The SMILES string of the molecule is Cc1nc(NC(C)c2cccc(OC3CCN(O)C3)c2)cc(-c2ccc3ncsc3c2)n1. The first-order chi connectivity index (χ1) is 15.5. The number of benzene rings is 2. The topological polar surface area (TPSA) is 83.4 Å². The third-order valence-corrected chi connectivity index (χ3v) is 6.41. The standard InChI is InChI=1S/C24H25N5O2S/c1-15(17-4-3-5-19(10-17)31-20-8-9-29(30)13-20)26-24-12-22(27-16(2)28-24)18-6-7-21-23(11-18)32-14-25-21/h3-7,10-12,14-15,20,30H,8-9,13H2,1-2H3,(H,26,27,28). The molecule has 5 rings (SSSR count). The number of nitrogens with zero attached hydrogens (tertiary/aromatic N) is 4. The summed E-state index contributed by atoms with van der Waals surface area (Å²) in [5.41, 5.74) is 5.90. The first kappa shape index (κ1) is 20.8. The summed E-state index contributed by atoms with van der Waals surface area (Å²) in [5.74, 6) is 2.31. The van der Waals surface area contributed by atoms with Crippen molar-refractivity contribution in [3.63, 3.8) is 0 Å². The van der Waals surface area contributed by atoms with Gasteiger partial charge in [0.25, 0.3) is 0 Å². The van der Waals surface area contributed by atoms with E-state index < -0.39 is 0 Å². The Hall–Kier alpha value is -3.07. The second-order valence-electron chi connectivity index (χ2n) is 8.10. The van der Waals surface area contributed by atoms with E-state index in [9.17, 15) is 5.21 Å². The van der Waals surface area contributed by atoms with Crippen molar-refractivity contribution in [2.45, 2.75) is 32.4 Å². The number of hydroxylamine groups is 2.